The summed E-state index contributed by atoms with van der Waals surface area (Å²) < 4.78 is 2.31. The molecule has 0 bridgehead atoms. The average molecular weight is 205 g/mol. The molecule has 3 heterocycles. The molecular formula is C10H11N3S. The van der Waals surface area contributed by atoms with Crippen molar-refractivity contribution in [1.82, 2.24) is 14.9 Å². The number of fused-ring (bicyclic) bond motifs is 1. The highest BCUT2D eigenvalue weighted by Gasteiger charge is 2.14. The lowest BCUT2D eigenvalue weighted by Gasteiger charge is -2.17. The summed E-state index contributed by atoms with van der Waals surface area (Å²) in [5.41, 5.74) is 1.29. The second-order valence-electron chi connectivity index (χ2n) is 3.38. The normalized spacial score (nSPS) is 15.4. The summed E-state index contributed by atoms with van der Waals surface area (Å²) in [5, 5.41) is 5.44. The van der Waals surface area contributed by atoms with Crippen LogP contribution >= 0.6 is 11.3 Å². The van der Waals surface area contributed by atoms with E-state index < -0.39 is 0 Å². The predicted molar refractivity (Wildman–Crippen MR) is 57.2 cm³/mol. The van der Waals surface area contributed by atoms with Crippen LogP contribution < -0.4 is 5.32 Å². The Morgan fingerprint density at radius 2 is 2.50 bits per heavy atom. The van der Waals surface area contributed by atoms with Gasteiger partial charge in [0, 0.05) is 19.6 Å². The molecule has 72 valence electrons. The maximum Gasteiger partial charge on any atom is 0.150 e. The smallest absolute Gasteiger partial charge is 0.150 e. The molecule has 0 amide bonds. The van der Waals surface area contributed by atoms with Gasteiger partial charge < -0.3 is 9.88 Å². The zero-order valence-corrected chi connectivity index (χ0v) is 8.55. The van der Waals surface area contributed by atoms with Gasteiger partial charge in [-0.25, -0.2) is 4.98 Å². The first-order valence-corrected chi connectivity index (χ1v) is 5.62. The zero-order valence-electron chi connectivity index (χ0n) is 7.73. The van der Waals surface area contributed by atoms with Gasteiger partial charge >= 0.3 is 0 Å². The van der Waals surface area contributed by atoms with Crippen molar-refractivity contribution in [3.8, 4) is 10.7 Å². The van der Waals surface area contributed by atoms with Crippen LogP contribution in [0.3, 0.4) is 0 Å². The van der Waals surface area contributed by atoms with Crippen LogP contribution in [0.15, 0.2) is 23.7 Å². The van der Waals surface area contributed by atoms with E-state index in [1.807, 2.05) is 6.20 Å². The Morgan fingerprint density at radius 1 is 1.50 bits per heavy atom. The summed E-state index contributed by atoms with van der Waals surface area (Å²) in [4.78, 5) is 5.74. The molecule has 3 nitrogen and oxygen atoms in total. The third-order valence-corrected chi connectivity index (χ3v) is 3.36. The quantitative estimate of drug-likeness (QED) is 0.768. The Labute approximate surface area is 86.4 Å². The van der Waals surface area contributed by atoms with Crippen LogP contribution in [0.25, 0.3) is 10.7 Å². The van der Waals surface area contributed by atoms with Gasteiger partial charge in [0.2, 0.25) is 0 Å². The van der Waals surface area contributed by atoms with Crippen molar-refractivity contribution in [2.24, 2.45) is 0 Å². The van der Waals surface area contributed by atoms with Crippen LogP contribution in [-0.4, -0.2) is 16.1 Å². The number of rotatable bonds is 1. The van der Waals surface area contributed by atoms with Gasteiger partial charge in [0.05, 0.1) is 16.8 Å². The van der Waals surface area contributed by atoms with Crippen LogP contribution in [0.4, 0.5) is 0 Å². The Balaban J connectivity index is 2.11. The third kappa shape index (κ3) is 1.19. The Bertz CT molecular complexity index is 430. The number of nitrogens with one attached hydrogen (secondary N) is 1. The molecule has 14 heavy (non-hydrogen) atoms. The third-order valence-electron chi connectivity index (χ3n) is 2.50. The van der Waals surface area contributed by atoms with Crippen molar-refractivity contribution in [3.05, 3.63) is 29.4 Å². The molecular weight excluding hydrogens is 194 g/mol. The first-order valence-electron chi connectivity index (χ1n) is 4.74. The van der Waals surface area contributed by atoms with Crippen LogP contribution in [-0.2, 0) is 13.1 Å². The molecule has 0 saturated heterocycles. The fraction of sp³-hybridized carbons (Fsp3) is 0.300. The molecule has 1 aliphatic heterocycles. The Hall–Kier alpha value is -1.13. The topological polar surface area (TPSA) is 29.9 Å². The Kier molecular flexibility index (Phi) is 1.89. The molecule has 0 atom stereocenters. The molecule has 0 aliphatic carbocycles. The lowest BCUT2D eigenvalue weighted by Crippen LogP contribution is -2.27. The largest absolute Gasteiger partial charge is 0.325 e. The van der Waals surface area contributed by atoms with Crippen molar-refractivity contribution in [2.75, 3.05) is 6.54 Å². The summed E-state index contributed by atoms with van der Waals surface area (Å²) >= 11 is 1.75. The highest BCUT2D eigenvalue weighted by atomic mass is 32.1. The van der Waals surface area contributed by atoms with Gasteiger partial charge in [-0.2, -0.15) is 0 Å². The van der Waals surface area contributed by atoms with Gasteiger partial charge in [0.15, 0.2) is 0 Å². The van der Waals surface area contributed by atoms with Gasteiger partial charge in [-0.3, -0.25) is 0 Å². The summed E-state index contributed by atoms with van der Waals surface area (Å²) in [7, 11) is 0. The van der Waals surface area contributed by atoms with E-state index in [1.54, 1.807) is 11.3 Å². The average Bonchev–Trinajstić information content (AvgIpc) is 2.85. The molecule has 2 aromatic heterocycles. The van der Waals surface area contributed by atoms with Gasteiger partial charge in [-0.05, 0) is 11.4 Å². The maximum absolute atomic E-state index is 4.47. The molecule has 0 fully saturated rings. The number of thiophene rings is 1. The summed E-state index contributed by atoms with van der Waals surface area (Å²) in [5.74, 6) is 1.12. The van der Waals surface area contributed by atoms with E-state index in [4.69, 9.17) is 0 Å². The van der Waals surface area contributed by atoms with E-state index in [9.17, 15) is 0 Å². The van der Waals surface area contributed by atoms with E-state index in [0.29, 0.717) is 0 Å². The fourth-order valence-corrected chi connectivity index (χ4v) is 2.54. The van der Waals surface area contributed by atoms with Crippen molar-refractivity contribution in [2.45, 2.75) is 13.1 Å². The van der Waals surface area contributed by atoms with Crippen LogP contribution in [0.5, 0.6) is 0 Å². The van der Waals surface area contributed by atoms with Crippen molar-refractivity contribution in [3.63, 3.8) is 0 Å². The first-order chi connectivity index (χ1) is 6.95. The van der Waals surface area contributed by atoms with Gasteiger partial charge in [-0.1, -0.05) is 6.07 Å². The fourth-order valence-electron chi connectivity index (χ4n) is 1.81. The zero-order chi connectivity index (χ0) is 9.38. The molecule has 4 heteroatoms. The minimum atomic E-state index is 0.943. The summed E-state index contributed by atoms with van der Waals surface area (Å²) in [6.45, 7) is 3.02. The van der Waals surface area contributed by atoms with Gasteiger partial charge in [0.1, 0.15) is 5.82 Å². The Morgan fingerprint density at radius 3 is 3.36 bits per heavy atom. The van der Waals surface area contributed by atoms with E-state index in [-0.39, 0.29) is 0 Å². The molecule has 1 aliphatic rings. The minimum Gasteiger partial charge on any atom is -0.325 e. The molecule has 0 unspecified atom stereocenters. The standard InChI is InChI=1S/C10H11N3S/c1-2-9(14-5-1)10-12-7-8-6-11-3-4-13(8)10/h1-2,5,7,11H,3-4,6H2. The lowest BCUT2D eigenvalue weighted by atomic mass is 10.3. The minimum absolute atomic E-state index is 0.943. The van der Waals surface area contributed by atoms with Crippen molar-refractivity contribution >= 4 is 11.3 Å². The van der Waals surface area contributed by atoms with Crippen molar-refractivity contribution < 1.29 is 0 Å². The highest BCUT2D eigenvalue weighted by Crippen LogP contribution is 2.25. The van der Waals surface area contributed by atoms with Crippen LogP contribution in [0, 0.1) is 0 Å². The second kappa shape index (κ2) is 3.22. The molecule has 0 saturated carbocycles. The molecule has 0 spiro atoms. The molecule has 3 rings (SSSR count). The van der Waals surface area contributed by atoms with E-state index >= 15 is 0 Å². The number of aromatic nitrogens is 2. The predicted octanol–water partition coefficient (Wildman–Crippen LogP) is 1.71. The molecule has 0 aromatic carbocycles. The number of hydrogen-bond acceptors (Lipinski definition) is 3. The number of nitrogens with zero attached hydrogens (tertiary/aromatic N) is 2. The monoisotopic (exact) mass is 205 g/mol. The number of hydrogen-bond donors (Lipinski definition) is 1. The van der Waals surface area contributed by atoms with Crippen LogP contribution in [0.2, 0.25) is 0 Å². The van der Waals surface area contributed by atoms with Crippen LogP contribution in [0.1, 0.15) is 5.69 Å². The summed E-state index contributed by atoms with van der Waals surface area (Å²) in [6, 6.07) is 4.20. The maximum atomic E-state index is 4.47. The van der Waals surface area contributed by atoms with E-state index in [2.05, 4.69) is 32.4 Å². The molecule has 0 radical (unpaired) electrons. The highest BCUT2D eigenvalue weighted by molar-refractivity contribution is 7.13. The molecule has 2 aromatic rings. The van der Waals surface area contributed by atoms with Gasteiger partial charge in [-0.15, -0.1) is 11.3 Å². The SMILES string of the molecule is c1csc(-c2ncc3n2CCNC3)c1. The van der Waals surface area contributed by atoms with E-state index in [0.717, 1.165) is 25.5 Å². The summed E-state index contributed by atoms with van der Waals surface area (Å²) in [6.07, 6.45) is 1.97. The second-order valence-corrected chi connectivity index (χ2v) is 4.33. The van der Waals surface area contributed by atoms with E-state index in [1.165, 1.54) is 10.6 Å². The first kappa shape index (κ1) is 8.20. The van der Waals surface area contributed by atoms with Crippen molar-refractivity contribution in [1.29, 1.82) is 0 Å². The lowest BCUT2D eigenvalue weighted by molar-refractivity contribution is 0.520. The van der Waals surface area contributed by atoms with Gasteiger partial charge in [0.25, 0.3) is 0 Å². The number of imidazole rings is 1. The molecule has 1 N–H and O–H groups in total.